The highest BCUT2D eigenvalue weighted by molar-refractivity contribution is 8.27. The summed E-state index contributed by atoms with van der Waals surface area (Å²) in [7, 11) is 1.52. The Morgan fingerprint density at radius 1 is 1.26 bits per heavy atom. The minimum absolute atomic E-state index is 0.0647. The number of hydrogen-bond donors (Lipinski definition) is 0. The smallest absolute Gasteiger partial charge is 0.270 e. The Bertz CT molecular complexity index is 979. The van der Waals surface area contributed by atoms with Crippen LogP contribution in [0.2, 0.25) is 0 Å². The van der Waals surface area contributed by atoms with Gasteiger partial charge in [-0.25, -0.2) is 0 Å². The van der Waals surface area contributed by atoms with Crippen LogP contribution in [-0.4, -0.2) is 23.9 Å². The van der Waals surface area contributed by atoms with Gasteiger partial charge in [-0.15, -0.1) is 0 Å². The van der Waals surface area contributed by atoms with Crippen LogP contribution in [0.1, 0.15) is 11.1 Å². The van der Waals surface area contributed by atoms with Gasteiger partial charge in [-0.3, -0.25) is 9.69 Å². The van der Waals surface area contributed by atoms with Crippen LogP contribution in [0.3, 0.4) is 0 Å². The summed E-state index contributed by atoms with van der Waals surface area (Å²) in [4.78, 5) is 15.0. The standard InChI is InChI=1S/C20H16N2O3S2/c1-13-5-3-4-6-15(13)22-19(23)18(27-20(22)26)12-14-7-8-16(25-10-9-21)17(11-14)24-2/h3-8,11-12H,10H2,1-2H3. The van der Waals surface area contributed by atoms with Crippen molar-refractivity contribution < 1.29 is 14.3 Å². The van der Waals surface area contributed by atoms with Gasteiger partial charge >= 0.3 is 0 Å². The molecule has 1 aliphatic heterocycles. The van der Waals surface area contributed by atoms with Gasteiger partial charge in [0.1, 0.15) is 6.07 Å². The number of amides is 1. The molecular weight excluding hydrogens is 380 g/mol. The van der Waals surface area contributed by atoms with Crippen LogP contribution in [0.25, 0.3) is 6.08 Å². The van der Waals surface area contributed by atoms with Gasteiger partial charge in [0.2, 0.25) is 0 Å². The molecule has 0 radical (unpaired) electrons. The number of rotatable bonds is 5. The van der Waals surface area contributed by atoms with Crippen LogP contribution in [-0.2, 0) is 4.79 Å². The first-order valence-corrected chi connectivity index (χ1v) is 9.29. The number of aryl methyl sites for hydroxylation is 1. The summed E-state index contributed by atoms with van der Waals surface area (Å²) in [6, 6.07) is 14.8. The average molecular weight is 396 g/mol. The van der Waals surface area contributed by atoms with Crippen LogP contribution in [0, 0.1) is 18.3 Å². The second-order valence-corrected chi connectivity index (χ2v) is 7.34. The molecule has 0 saturated carbocycles. The molecule has 3 rings (SSSR count). The number of nitrogens with zero attached hydrogens (tertiary/aromatic N) is 2. The first-order valence-electron chi connectivity index (χ1n) is 8.06. The average Bonchev–Trinajstić information content (AvgIpc) is 2.94. The van der Waals surface area contributed by atoms with Crippen LogP contribution in [0.5, 0.6) is 11.5 Å². The Morgan fingerprint density at radius 2 is 2.04 bits per heavy atom. The van der Waals surface area contributed by atoms with E-state index in [2.05, 4.69) is 0 Å². The van der Waals surface area contributed by atoms with Gasteiger partial charge in [0.05, 0.1) is 17.7 Å². The molecular formula is C20H16N2O3S2. The molecule has 2 aromatic carbocycles. The van der Waals surface area contributed by atoms with Crippen LogP contribution in [0.15, 0.2) is 47.4 Å². The lowest BCUT2D eigenvalue weighted by molar-refractivity contribution is -0.113. The molecule has 0 aliphatic carbocycles. The van der Waals surface area contributed by atoms with E-state index in [0.29, 0.717) is 20.7 Å². The van der Waals surface area contributed by atoms with E-state index in [-0.39, 0.29) is 12.5 Å². The number of hydrogen-bond acceptors (Lipinski definition) is 6. The number of benzene rings is 2. The number of methoxy groups -OCH3 is 1. The summed E-state index contributed by atoms with van der Waals surface area (Å²) in [5.74, 6) is 0.820. The minimum atomic E-state index is -0.150. The quantitative estimate of drug-likeness (QED) is 0.554. The fraction of sp³-hybridized carbons (Fsp3) is 0.150. The number of carbonyl (C=O) groups is 1. The zero-order chi connectivity index (χ0) is 19.4. The third-order valence-electron chi connectivity index (χ3n) is 3.93. The second kappa shape index (κ2) is 8.25. The fourth-order valence-corrected chi connectivity index (χ4v) is 3.93. The molecule has 2 aromatic rings. The predicted octanol–water partition coefficient (Wildman–Crippen LogP) is 4.31. The van der Waals surface area contributed by atoms with Gasteiger partial charge in [-0.2, -0.15) is 5.26 Å². The van der Waals surface area contributed by atoms with Gasteiger partial charge in [-0.1, -0.05) is 48.2 Å². The molecule has 136 valence electrons. The summed E-state index contributed by atoms with van der Waals surface area (Å²) in [5.41, 5.74) is 2.55. The van der Waals surface area contributed by atoms with Crippen LogP contribution >= 0.6 is 24.0 Å². The largest absolute Gasteiger partial charge is 0.493 e. The summed E-state index contributed by atoms with van der Waals surface area (Å²) >= 11 is 6.69. The van der Waals surface area contributed by atoms with Crippen molar-refractivity contribution in [1.29, 1.82) is 5.26 Å². The first-order chi connectivity index (χ1) is 13.0. The number of para-hydroxylation sites is 1. The van der Waals surface area contributed by atoms with E-state index in [1.54, 1.807) is 29.2 Å². The van der Waals surface area contributed by atoms with E-state index < -0.39 is 0 Å². The molecule has 0 spiro atoms. The topological polar surface area (TPSA) is 62.6 Å². The van der Waals surface area contributed by atoms with E-state index in [1.807, 2.05) is 37.3 Å². The molecule has 5 nitrogen and oxygen atoms in total. The molecule has 0 unspecified atom stereocenters. The lowest BCUT2D eigenvalue weighted by Crippen LogP contribution is -2.28. The summed E-state index contributed by atoms with van der Waals surface area (Å²) < 4.78 is 11.1. The highest BCUT2D eigenvalue weighted by Crippen LogP contribution is 2.38. The van der Waals surface area contributed by atoms with Crippen molar-refractivity contribution in [3.05, 3.63) is 58.5 Å². The minimum Gasteiger partial charge on any atom is -0.493 e. The molecule has 1 amide bonds. The normalized spacial score (nSPS) is 15.1. The van der Waals surface area contributed by atoms with Gasteiger partial charge < -0.3 is 9.47 Å². The molecule has 0 aromatic heterocycles. The number of anilines is 1. The third kappa shape index (κ3) is 3.97. The zero-order valence-electron chi connectivity index (χ0n) is 14.8. The summed E-state index contributed by atoms with van der Waals surface area (Å²) in [5, 5.41) is 8.65. The monoisotopic (exact) mass is 396 g/mol. The molecule has 1 aliphatic rings. The van der Waals surface area contributed by atoms with Crippen molar-refractivity contribution in [2.45, 2.75) is 6.92 Å². The highest BCUT2D eigenvalue weighted by Gasteiger charge is 2.33. The maximum absolute atomic E-state index is 12.9. The molecule has 0 bridgehead atoms. The SMILES string of the molecule is COc1cc(C=C2SC(=S)N(c3ccccc3C)C2=O)ccc1OCC#N. The third-order valence-corrected chi connectivity index (χ3v) is 5.23. The molecule has 1 fully saturated rings. The molecule has 0 atom stereocenters. The number of ether oxygens (including phenoxy) is 2. The Morgan fingerprint density at radius 3 is 2.74 bits per heavy atom. The Balaban J connectivity index is 1.90. The highest BCUT2D eigenvalue weighted by atomic mass is 32.2. The summed E-state index contributed by atoms with van der Waals surface area (Å²) in [6.07, 6.45) is 1.77. The van der Waals surface area contributed by atoms with E-state index in [0.717, 1.165) is 16.8 Å². The van der Waals surface area contributed by atoms with Crippen molar-refractivity contribution in [2.24, 2.45) is 0 Å². The molecule has 7 heteroatoms. The van der Waals surface area contributed by atoms with Gasteiger partial charge in [0, 0.05) is 0 Å². The lowest BCUT2D eigenvalue weighted by Gasteiger charge is -2.16. The van der Waals surface area contributed by atoms with E-state index in [9.17, 15) is 4.79 Å². The predicted molar refractivity (Wildman–Crippen MR) is 111 cm³/mol. The van der Waals surface area contributed by atoms with Crippen molar-refractivity contribution in [2.75, 3.05) is 18.6 Å². The maximum atomic E-state index is 12.9. The van der Waals surface area contributed by atoms with Crippen molar-refractivity contribution in [3.63, 3.8) is 0 Å². The zero-order valence-corrected chi connectivity index (χ0v) is 16.4. The van der Waals surface area contributed by atoms with Crippen molar-refractivity contribution >= 4 is 46.0 Å². The Labute approximate surface area is 167 Å². The molecule has 1 saturated heterocycles. The maximum Gasteiger partial charge on any atom is 0.270 e. The van der Waals surface area contributed by atoms with Crippen molar-refractivity contribution in [1.82, 2.24) is 0 Å². The number of thiocarbonyl (C=S) groups is 1. The van der Waals surface area contributed by atoms with Gasteiger partial charge in [0.15, 0.2) is 22.4 Å². The number of carbonyl (C=O) groups excluding carboxylic acids is 1. The molecule has 1 heterocycles. The fourth-order valence-electron chi connectivity index (χ4n) is 2.64. The Hall–Kier alpha value is -2.82. The van der Waals surface area contributed by atoms with E-state index >= 15 is 0 Å². The van der Waals surface area contributed by atoms with Crippen molar-refractivity contribution in [3.8, 4) is 17.6 Å². The first kappa shape index (κ1) is 19.0. The lowest BCUT2D eigenvalue weighted by atomic mass is 10.1. The second-order valence-electron chi connectivity index (χ2n) is 5.66. The van der Waals surface area contributed by atoms with Gasteiger partial charge in [0.25, 0.3) is 5.91 Å². The van der Waals surface area contributed by atoms with Gasteiger partial charge in [-0.05, 0) is 42.3 Å². The Kier molecular flexibility index (Phi) is 5.79. The molecule has 27 heavy (non-hydrogen) atoms. The van der Waals surface area contributed by atoms with E-state index in [1.165, 1.54) is 18.9 Å². The molecule has 0 N–H and O–H groups in total. The number of thioether (sulfide) groups is 1. The van der Waals surface area contributed by atoms with Crippen LogP contribution < -0.4 is 14.4 Å². The van der Waals surface area contributed by atoms with Crippen LogP contribution in [0.4, 0.5) is 5.69 Å². The van der Waals surface area contributed by atoms with E-state index in [4.69, 9.17) is 27.0 Å². The number of nitriles is 1. The summed E-state index contributed by atoms with van der Waals surface area (Å²) in [6.45, 7) is 1.88.